The molecule has 0 amide bonds. The van der Waals surface area contributed by atoms with Gasteiger partial charge in [0.2, 0.25) is 0 Å². The summed E-state index contributed by atoms with van der Waals surface area (Å²) >= 11 is 0. The Labute approximate surface area is 180 Å². The first kappa shape index (κ1) is 18.4. The molecule has 0 bridgehead atoms. The predicted octanol–water partition coefficient (Wildman–Crippen LogP) is 3.06. The molecule has 6 rings (SSSR count). The van der Waals surface area contributed by atoms with Gasteiger partial charge >= 0.3 is 0 Å². The molecule has 31 heavy (non-hydrogen) atoms. The zero-order valence-corrected chi connectivity index (χ0v) is 17.8. The summed E-state index contributed by atoms with van der Waals surface area (Å²) in [4.78, 5) is 28.6. The summed E-state index contributed by atoms with van der Waals surface area (Å²) in [6, 6.07) is 6.34. The van der Waals surface area contributed by atoms with E-state index in [4.69, 9.17) is 10.1 Å². The first-order valence-electron chi connectivity index (χ1n) is 10.8. The summed E-state index contributed by atoms with van der Waals surface area (Å²) < 4.78 is 1.82. The molecule has 0 fully saturated rings. The van der Waals surface area contributed by atoms with Crippen LogP contribution in [0.2, 0.25) is 0 Å². The van der Waals surface area contributed by atoms with Gasteiger partial charge in [-0.15, -0.1) is 0 Å². The molecule has 2 aliphatic heterocycles. The van der Waals surface area contributed by atoms with Crippen LogP contribution in [-0.4, -0.2) is 44.7 Å². The Morgan fingerprint density at radius 1 is 1.23 bits per heavy atom. The number of anilines is 1. The van der Waals surface area contributed by atoms with Gasteiger partial charge < -0.3 is 4.90 Å². The van der Waals surface area contributed by atoms with Gasteiger partial charge in [-0.1, -0.05) is 18.2 Å². The van der Waals surface area contributed by atoms with Gasteiger partial charge in [-0.05, 0) is 42.5 Å². The van der Waals surface area contributed by atoms with Crippen LogP contribution >= 0.6 is 0 Å². The van der Waals surface area contributed by atoms with Crippen LogP contribution in [-0.2, 0) is 23.1 Å². The highest BCUT2D eigenvalue weighted by Crippen LogP contribution is 2.36. The standard InChI is InChI=1S/C24H24N6O/c1-24(2)18-4-3-15(11-17(18)13-20(24)31)12-21-27-23-22(26-8-10-30(23)28-21)29-9-6-16-5-7-25-19(16)14-29/h3-4,7-8,10-11H,5-6,9,12-14H2,1-2H3. The van der Waals surface area contributed by atoms with Crippen molar-refractivity contribution >= 4 is 23.5 Å². The maximum atomic E-state index is 12.3. The van der Waals surface area contributed by atoms with E-state index in [0.29, 0.717) is 12.8 Å². The molecule has 0 N–H and O–H groups in total. The lowest BCUT2D eigenvalue weighted by molar-refractivity contribution is -0.121. The summed E-state index contributed by atoms with van der Waals surface area (Å²) in [5, 5.41) is 4.70. The number of benzene rings is 1. The largest absolute Gasteiger partial charge is 0.347 e. The van der Waals surface area contributed by atoms with Crippen LogP contribution in [0.4, 0.5) is 5.82 Å². The zero-order valence-electron chi connectivity index (χ0n) is 17.8. The van der Waals surface area contributed by atoms with Crippen LogP contribution in [0.3, 0.4) is 0 Å². The molecule has 0 radical (unpaired) electrons. The van der Waals surface area contributed by atoms with Gasteiger partial charge in [-0.2, -0.15) is 5.10 Å². The third kappa shape index (κ3) is 2.91. The van der Waals surface area contributed by atoms with E-state index in [2.05, 4.69) is 33.1 Å². The Balaban J connectivity index is 1.30. The third-order valence-electron chi connectivity index (χ3n) is 6.85. The Bertz CT molecular complexity index is 1300. The van der Waals surface area contributed by atoms with Gasteiger partial charge in [0, 0.05) is 49.8 Å². The second kappa shape index (κ2) is 6.57. The van der Waals surface area contributed by atoms with E-state index in [1.165, 1.54) is 11.3 Å². The van der Waals surface area contributed by atoms with Gasteiger partial charge in [0.25, 0.3) is 0 Å². The van der Waals surface area contributed by atoms with Crippen molar-refractivity contribution in [3.63, 3.8) is 0 Å². The van der Waals surface area contributed by atoms with Gasteiger partial charge in [0.1, 0.15) is 5.78 Å². The molecule has 0 unspecified atom stereocenters. The van der Waals surface area contributed by atoms with Crippen LogP contribution in [0.25, 0.3) is 5.65 Å². The molecular weight excluding hydrogens is 388 g/mol. The molecule has 0 spiro atoms. The van der Waals surface area contributed by atoms with E-state index in [-0.39, 0.29) is 11.2 Å². The number of aromatic nitrogens is 4. The average Bonchev–Trinajstić information content (AvgIpc) is 3.43. The van der Waals surface area contributed by atoms with Crippen molar-refractivity contribution in [3.05, 3.63) is 64.4 Å². The molecule has 7 heteroatoms. The molecule has 3 aromatic rings. The second-order valence-corrected chi connectivity index (χ2v) is 9.18. The Hall–Kier alpha value is -3.35. The van der Waals surface area contributed by atoms with Crippen molar-refractivity contribution in [2.24, 2.45) is 4.99 Å². The van der Waals surface area contributed by atoms with E-state index in [1.807, 2.05) is 30.8 Å². The minimum absolute atomic E-state index is 0.285. The van der Waals surface area contributed by atoms with Crippen molar-refractivity contribution < 1.29 is 4.79 Å². The fourth-order valence-corrected chi connectivity index (χ4v) is 4.97. The Kier molecular flexibility index (Phi) is 3.91. The summed E-state index contributed by atoms with van der Waals surface area (Å²) in [5.74, 6) is 1.90. The van der Waals surface area contributed by atoms with E-state index >= 15 is 0 Å². The minimum atomic E-state index is -0.386. The number of hydrogen-bond acceptors (Lipinski definition) is 6. The average molecular weight is 412 g/mol. The second-order valence-electron chi connectivity index (χ2n) is 9.18. The van der Waals surface area contributed by atoms with Gasteiger partial charge in [-0.25, -0.2) is 14.5 Å². The molecule has 3 aliphatic rings. The first-order chi connectivity index (χ1) is 15.0. The van der Waals surface area contributed by atoms with E-state index in [0.717, 1.165) is 59.9 Å². The quantitative estimate of drug-likeness (QED) is 0.661. The topological polar surface area (TPSA) is 75.8 Å². The molecule has 2 aromatic heterocycles. The number of hydrogen-bond donors (Lipinski definition) is 0. The van der Waals surface area contributed by atoms with E-state index < -0.39 is 0 Å². The smallest absolute Gasteiger partial charge is 0.198 e. The predicted molar refractivity (Wildman–Crippen MR) is 119 cm³/mol. The number of fused-ring (bicyclic) bond motifs is 2. The van der Waals surface area contributed by atoms with Crippen LogP contribution in [0.5, 0.6) is 0 Å². The van der Waals surface area contributed by atoms with Crippen molar-refractivity contribution in [1.29, 1.82) is 0 Å². The highest BCUT2D eigenvalue weighted by molar-refractivity contribution is 5.95. The number of carbonyl (C=O) groups is 1. The Morgan fingerprint density at radius 3 is 3.03 bits per heavy atom. The molecule has 0 atom stereocenters. The van der Waals surface area contributed by atoms with E-state index in [1.54, 1.807) is 6.20 Å². The number of Topliss-reactive ketones (excluding diaryl/α,β-unsaturated/α-hetero) is 1. The van der Waals surface area contributed by atoms with Crippen LogP contribution in [0.15, 0.2) is 46.9 Å². The van der Waals surface area contributed by atoms with E-state index in [9.17, 15) is 4.79 Å². The molecule has 0 saturated carbocycles. The normalized spacial score (nSPS) is 19.4. The van der Waals surface area contributed by atoms with Gasteiger partial charge in [-0.3, -0.25) is 9.79 Å². The molecule has 156 valence electrons. The number of aliphatic imine (C=N–C) groups is 1. The summed E-state index contributed by atoms with van der Waals surface area (Å²) in [6.45, 7) is 5.71. The van der Waals surface area contributed by atoms with Crippen LogP contribution < -0.4 is 4.90 Å². The monoisotopic (exact) mass is 412 g/mol. The summed E-state index contributed by atoms with van der Waals surface area (Å²) in [6.07, 6.45) is 8.78. The lowest BCUT2D eigenvalue weighted by Gasteiger charge is -2.28. The number of carbonyl (C=O) groups excluding carboxylic acids is 1. The number of nitrogens with zero attached hydrogens (tertiary/aromatic N) is 6. The fraction of sp³-hybridized carbons (Fsp3) is 0.375. The lowest BCUT2D eigenvalue weighted by Crippen LogP contribution is -2.31. The molecule has 0 saturated heterocycles. The molecule has 1 aromatic carbocycles. The van der Waals surface area contributed by atoms with Crippen molar-refractivity contribution in [1.82, 2.24) is 19.6 Å². The Morgan fingerprint density at radius 2 is 2.13 bits per heavy atom. The molecule has 7 nitrogen and oxygen atoms in total. The molecule has 4 heterocycles. The van der Waals surface area contributed by atoms with Crippen molar-refractivity contribution in [2.45, 2.75) is 44.9 Å². The van der Waals surface area contributed by atoms with Crippen LogP contribution in [0, 0.1) is 0 Å². The van der Waals surface area contributed by atoms with Gasteiger partial charge in [0.15, 0.2) is 17.3 Å². The maximum absolute atomic E-state index is 12.3. The highest BCUT2D eigenvalue weighted by atomic mass is 16.1. The third-order valence-corrected chi connectivity index (χ3v) is 6.85. The summed E-state index contributed by atoms with van der Waals surface area (Å²) in [5.41, 5.74) is 6.41. The minimum Gasteiger partial charge on any atom is -0.347 e. The summed E-state index contributed by atoms with van der Waals surface area (Å²) in [7, 11) is 0. The zero-order chi connectivity index (χ0) is 21.2. The van der Waals surface area contributed by atoms with Crippen molar-refractivity contribution in [2.75, 3.05) is 18.0 Å². The first-order valence-corrected chi connectivity index (χ1v) is 10.8. The SMILES string of the molecule is CC1(C)C(=O)Cc2cc(Cc3nc4c(N5CCC6=C(C5)N=CC6)nccn4n3)ccc21. The van der Waals surface area contributed by atoms with Gasteiger partial charge in [0.05, 0.1) is 12.2 Å². The van der Waals surface area contributed by atoms with Crippen molar-refractivity contribution in [3.8, 4) is 0 Å². The number of ketones is 1. The lowest BCUT2D eigenvalue weighted by atomic mass is 9.85. The number of rotatable bonds is 3. The molecule has 1 aliphatic carbocycles. The molecular formula is C24H24N6O. The van der Waals surface area contributed by atoms with Crippen LogP contribution in [0.1, 0.15) is 49.2 Å². The highest BCUT2D eigenvalue weighted by Gasteiger charge is 2.37. The fourth-order valence-electron chi connectivity index (χ4n) is 4.97. The maximum Gasteiger partial charge on any atom is 0.198 e.